The number of rotatable bonds is 8. The molecule has 1 atom stereocenters. The molecule has 0 radical (unpaired) electrons. The number of carboxylic acids is 2. The molecule has 0 aromatic heterocycles. The van der Waals surface area contributed by atoms with Crippen LogP contribution in [0.1, 0.15) is 55.7 Å². The van der Waals surface area contributed by atoms with Crippen LogP contribution in [0, 0.1) is 11.3 Å². The fourth-order valence-electron chi connectivity index (χ4n) is 1.68. The SMILES string of the molecule is CCCCCCC(C)C(C)(C(=O)O)C(=O)O.[Ca+2].[H-].[H-]. The summed E-state index contributed by atoms with van der Waals surface area (Å²) >= 11 is 0. The minimum atomic E-state index is -1.66. The van der Waals surface area contributed by atoms with Crippen LogP contribution in [0.3, 0.4) is 0 Å². The van der Waals surface area contributed by atoms with E-state index < -0.39 is 17.4 Å². The van der Waals surface area contributed by atoms with Gasteiger partial charge in [0.15, 0.2) is 5.41 Å². The van der Waals surface area contributed by atoms with E-state index in [1.54, 1.807) is 6.92 Å². The van der Waals surface area contributed by atoms with E-state index in [4.69, 9.17) is 10.2 Å². The first kappa shape index (κ1) is 19.5. The second-order valence-corrected chi connectivity index (χ2v) is 4.56. The molecule has 98 valence electrons. The Hall–Kier alpha value is 0.200. The third-order valence-corrected chi connectivity index (χ3v) is 3.36. The molecule has 0 saturated heterocycles. The first-order valence-electron chi connectivity index (χ1n) is 5.84. The Labute approximate surface area is 136 Å². The molecule has 0 aromatic carbocycles. The fraction of sp³-hybridized carbons (Fsp3) is 0.833. The van der Waals surface area contributed by atoms with Crippen LogP contribution in [0.5, 0.6) is 0 Å². The zero-order chi connectivity index (χ0) is 12.8. The molecule has 0 heterocycles. The van der Waals surface area contributed by atoms with Gasteiger partial charge in [0.2, 0.25) is 0 Å². The number of aliphatic carboxylic acids is 2. The molecular formula is C12H24CaO4. The summed E-state index contributed by atoms with van der Waals surface area (Å²) in [5.41, 5.74) is -1.66. The summed E-state index contributed by atoms with van der Waals surface area (Å²) in [5.74, 6) is -2.84. The molecule has 4 nitrogen and oxygen atoms in total. The van der Waals surface area contributed by atoms with E-state index in [1.807, 2.05) is 0 Å². The first-order chi connectivity index (χ1) is 7.37. The number of hydrogen-bond donors (Lipinski definition) is 2. The molecule has 0 aliphatic heterocycles. The predicted molar refractivity (Wildman–Crippen MR) is 69.3 cm³/mol. The summed E-state index contributed by atoms with van der Waals surface area (Å²) in [7, 11) is 0. The maximum atomic E-state index is 11.0. The van der Waals surface area contributed by atoms with Gasteiger partial charge in [-0.25, -0.2) is 0 Å². The van der Waals surface area contributed by atoms with Crippen LogP contribution in [0.15, 0.2) is 0 Å². The Balaban J connectivity index is -0.000000375. The topological polar surface area (TPSA) is 74.6 Å². The summed E-state index contributed by atoms with van der Waals surface area (Å²) < 4.78 is 0. The second-order valence-electron chi connectivity index (χ2n) is 4.56. The van der Waals surface area contributed by atoms with Gasteiger partial charge in [-0.2, -0.15) is 0 Å². The van der Waals surface area contributed by atoms with E-state index in [0.29, 0.717) is 6.42 Å². The molecule has 5 heteroatoms. The summed E-state index contributed by atoms with van der Waals surface area (Å²) in [4.78, 5) is 22.0. The van der Waals surface area contributed by atoms with Crippen LogP contribution in [0.4, 0.5) is 0 Å². The van der Waals surface area contributed by atoms with Gasteiger partial charge >= 0.3 is 49.7 Å². The zero-order valence-electron chi connectivity index (χ0n) is 13.0. The van der Waals surface area contributed by atoms with E-state index in [0.717, 1.165) is 25.7 Å². The number of carbonyl (C=O) groups is 2. The second kappa shape index (κ2) is 9.17. The van der Waals surface area contributed by atoms with Crippen LogP contribution in [-0.4, -0.2) is 59.9 Å². The molecule has 0 spiro atoms. The van der Waals surface area contributed by atoms with Crippen LogP contribution >= 0.6 is 0 Å². The summed E-state index contributed by atoms with van der Waals surface area (Å²) in [6.07, 6.45) is 4.81. The van der Waals surface area contributed by atoms with Crippen molar-refractivity contribution in [3.05, 3.63) is 0 Å². The molecule has 2 N–H and O–H groups in total. The summed E-state index contributed by atoms with van der Waals surface area (Å²) in [6.45, 7) is 5.10. The monoisotopic (exact) mass is 272 g/mol. The third kappa shape index (κ3) is 5.58. The van der Waals surface area contributed by atoms with Crippen molar-refractivity contribution in [2.24, 2.45) is 11.3 Å². The molecule has 0 bridgehead atoms. The van der Waals surface area contributed by atoms with Crippen molar-refractivity contribution in [3.8, 4) is 0 Å². The minimum Gasteiger partial charge on any atom is -1.00 e. The molecule has 0 aliphatic carbocycles. The van der Waals surface area contributed by atoms with E-state index in [2.05, 4.69) is 6.92 Å². The van der Waals surface area contributed by atoms with E-state index in [9.17, 15) is 9.59 Å². The number of hydrogen-bond acceptors (Lipinski definition) is 2. The molecule has 0 aliphatic rings. The van der Waals surface area contributed by atoms with Crippen molar-refractivity contribution in [3.63, 3.8) is 0 Å². The van der Waals surface area contributed by atoms with Crippen molar-refractivity contribution in [1.29, 1.82) is 0 Å². The van der Waals surface area contributed by atoms with Gasteiger partial charge in [-0.15, -0.1) is 0 Å². The van der Waals surface area contributed by atoms with Gasteiger partial charge in [0.1, 0.15) is 0 Å². The zero-order valence-corrected chi connectivity index (χ0v) is 13.2. The van der Waals surface area contributed by atoms with Crippen LogP contribution < -0.4 is 0 Å². The Bertz CT molecular complexity index is 248. The van der Waals surface area contributed by atoms with Crippen molar-refractivity contribution in [1.82, 2.24) is 0 Å². The smallest absolute Gasteiger partial charge is 1.00 e. The Morgan fingerprint density at radius 2 is 1.65 bits per heavy atom. The number of carboxylic acid groups (broad SMARTS) is 2. The van der Waals surface area contributed by atoms with Gasteiger partial charge in [0.25, 0.3) is 0 Å². The van der Waals surface area contributed by atoms with Gasteiger partial charge in [0, 0.05) is 0 Å². The van der Waals surface area contributed by atoms with Gasteiger partial charge < -0.3 is 13.1 Å². The van der Waals surface area contributed by atoms with Crippen LogP contribution in [-0.2, 0) is 9.59 Å². The van der Waals surface area contributed by atoms with Crippen LogP contribution in [0.2, 0.25) is 0 Å². The van der Waals surface area contributed by atoms with Gasteiger partial charge in [-0.3, -0.25) is 9.59 Å². The van der Waals surface area contributed by atoms with E-state index in [-0.39, 0.29) is 46.5 Å². The fourth-order valence-corrected chi connectivity index (χ4v) is 1.68. The average Bonchev–Trinajstić information content (AvgIpc) is 2.22. The van der Waals surface area contributed by atoms with Crippen molar-refractivity contribution >= 4 is 49.7 Å². The Morgan fingerprint density at radius 3 is 2.00 bits per heavy atom. The molecular weight excluding hydrogens is 248 g/mol. The average molecular weight is 272 g/mol. The first-order valence-corrected chi connectivity index (χ1v) is 5.84. The molecule has 0 rings (SSSR count). The van der Waals surface area contributed by atoms with Crippen molar-refractivity contribution in [2.45, 2.75) is 52.9 Å². The van der Waals surface area contributed by atoms with E-state index in [1.165, 1.54) is 6.92 Å². The normalized spacial score (nSPS) is 12.6. The summed E-state index contributed by atoms with van der Waals surface area (Å²) in [6, 6.07) is 0. The largest absolute Gasteiger partial charge is 2.00 e. The minimum absolute atomic E-state index is 0. The quantitative estimate of drug-likeness (QED) is 0.404. The van der Waals surface area contributed by atoms with Crippen LogP contribution in [0.25, 0.3) is 0 Å². The molecule has 1 unspecified atom stereocenters. The standard InChI is InChI=1S/C12H22O4.Ca.2H/c1-4-5-6-7-8-9(2)12(3,10(13)14)11(15)16;;;/h9H,4-8H2,1-3H3,(H,13,14)(H,15,16);;;/q;+2;2*-1. The third-order valence-electron chi connectivity index (χ3n) is 3.36. The van der Waals surface area contributed by atoms with Crippen molar-refractivity contribution < 1.29 is 22.7 Å². The molecule has 0 aromatic rings. The van der Waals surface area contributed by atoms with E-state index >= 15 is 0 Å². The van der Waals surface area contributed by atoms with Gasteiger partial charge in [0.05, 0.1) is 0 Å². The molecule has 0 saturated carbocycles. The Morgan fingerprint density at radius 1 is 1.18 bits per heavy atom. The number of unbranched alkanes of at least 4 members (excludes halogenated alkanes) is 3. The van der Waals surface area contributed by atoms with Gasteiger partial charge in [-0.1, -0.05) is 39.5 Å². The summed E-state index contributed by atoms with van der Waals surface area (Å²) in [5, 5.41) is 18.0. The molecule has 0 fully saturated rings. The van der Waals surface area contributed by atoms with Crippen molar-refractivity contribution in [2.75, 3.05) is 0 Å². The van der Waals surface area contributed by atoms with Gasteiger partial charge in [-0.05, 0) is 19.3 Å². The molecule has 0 amide bonds. The predicted octanol–water partition coefficient (Wildman–Crippen LogP) is 2.61. The maximum absolute atomic E-state index is 11.0. The molecule has 17 heavy (non-hydrogen) atoms. The maximum Gasteiger partial charge on any atom is 2.00 e. The Kier molecular flexibility index (Phi) is 10.5.